The summed E-state index contributed by atoms with van der Waals surface area (Å²) in [7, 11) is -3.93. The monoisotopic (exact) mass is 354 g/mol. The molecule has 0 unspecified atom stereocenters. The summed E-state index contributed by atoms with van der Waals surface area (Å²) in [5.41, 5.74) is 1.69. The van der Waals surface area contributed by atoms with Crippen molar-refractivity contribution in [3.8, 4) is 5.75 Å². The molecule has 0 aliphatic carbocycles. The minimum Gasteiger partial charge on any atom is -0.379 e. The van der Waals surface area contributed by atoms with Gasteiger partial charge >= 0.3 is 10.1 Å². The fourth-order valence-corrected chi connectivity index (χ4v) is 3.68. The summed E-state index contributed by atoms with van der Waals surface area (Å²) >= 11 is 0. The zero-order valence-corrected chi connectivity index (χ0v) is 14.6. The van der Waals surface area contributed by atoms with Crippen LogP contribution in [0.25, 0.3) is 10.8 Å². The van der Waals surface area contributed by atoms with E-state index in [0.29, 0.717) is 12.8 Å². The summed E-state index contributed by atoms with van der Waals surface area (Å²) in [6.45, 7) is 1.89. The zero-order valence-electron chi connectivity index (χ0n) is 13.8. The topological polar surface area (TPSA) is 60.4 Å². The highest BCUT2D eigenvalue weighted by molar-refractivity contribution is 7.87. The molecule has 0 aliphatic heterocycles. The van der Waals surface area contributed by atoms with Crippen molar-refractivity contribution < 1.29 is 17.4 Å². The number of carbonyl (C=O) groups is 1. The van der Waals surface area contributed by atoms with Gasteiger partial charge in [-0.25, -0.2) is 0 Å². The number of aryl methyl sites for hydroxylation is 2. The molecule has 0 amide bonds. The summed E-state index contributed by atoms with van der Waals surface area (Å²) in [6, 6.07) is 17.6. The van der Waals surface area contributed by atoms with E-state index in [2.05, 4.69) is 0 Å². The lowest BCUT2D eigenvalue weighted by molar-refractivity contribution is -0.107. The maximum atomic E-state index is 12.6. The largest absolute Gasteiger partial charge is 0.379 e. The van der Waals surface area contributed by atoms with E-state index in [1.807, 2.05) is 37.3 Å². The number of rotatable bonds is 6. The standard InChI is InChI=1S/C20H18O4S/c1-15-8-11-17(12-9-15)25(22,23)24-20-13-10-16-5-2-3-6-18(16)19(20)7-4-14-21/h2-3,5-6,8-14H,4,7H2,1H3. The first-order valence-corrected chi connectivity index (χ1v) is 9.37. The molecule has 128 valence electrons. The van der Waals surface area contributed by atoms with Crippen molar-refractivity contribution in [3.63, 3.8) is 0 Å². The third-order valence-electron chi connectivity index (χ3n) is 4.02. The number of hydrogen-bond acceptors (Lipinski definition) is 4. The van der Waals surface area contributed by atoms with Gasteiger partial charge in [-0.1, -0.05) is 48.0 Å². The van der Waals surface area contributed by atoms with Gasteiger partial charge in [-0.15, -0.1) is 0 Å². The summed E-state index contributed by atoms with van der Waals surface area (Å²) in [5, 5.41) is 1.87. The average molecular weight is 354 g/mol. The summed E-state index contributed by atoms with van der Waals surface area (Å²) < 4.78 is 30.6. The zero-order chi connectivity index (χ0) is 17.9. The van der Waals surface area contributed by atoms with Crippen LogP contribution in [0.3, 0.4) is 0 Å². The van der Waals surface area contributed by atoms with Crippen LogP contribution < -0.4 is 4.18 Å². The summed E-state index contributed by atoms with van der Waals surface area (Å²) in [4.78, 5) is 10.9. The normalized spacial score (nSPS) is 11.4. The molecule has 0 spiro atoms. The maximum absolute atomic E-state index is 12.6. The molecule has 3 aromatic carbocycles. The Morgan fingerprint density at radius 2 is 1.68 bits per heavy atom. The van der Waals surface area contributed by atoms with E-state index in [9.17, 15) is 13.2 Å². The van der Waals surface area contributed by atoms with Gasteiger partial charge in [0.2, 0.25) is 0 Å². The van der Waals surface area contributed by atoms with E-state index in [4.69, 9.17) is 4.18 Å². The molecular formula is C20H18O4S. The van der Waals surface area contributed by atoms with Crippen LogP contribution in [-0.2, 0) is 21.3 Å². The second kappa shape index (κ2) is 7.07. The van der Waals surface area contributed by atoms with Crippen molar-refractivity contribution in [3.05, 3.63) is 71.8 Å². The van der Waals surface area contributed by atoms with Gasteiger partial charge in [-0.2, -0.15) is 8.42 Å². The van der Waals surface area contributed by atoms with E-state index in [-0.39, 0.29) is 10.6 Å². The Kier molecular flexibility index (Phi) is 4.86. The third-order valence-corrected chi connectivity index (χ3v) is 5.27. The minimum atomic E-state index is -3.93. The highest BCUT2D eigenvalue weighted by atomic mass is 32.2. The Bertz CT molecular complexity index is 1010. The molecule has 0 aliphatic rings. The average Bonchev–Trinajstić information content (AvgIpc) is 2.61. The molecular weight excluding hydrogens is 336 g/mol. The fourth-order valence-electron chi connectivity index (χ4n) is 2.73. The van der Waals surface area contributed by atoms with E-state index in [1.54, 1.807) is 18.2 Å². The number of carbonyl (C=O) groups excluding carboxylic acids is 1. The smallest absolute Gasteiger partial charge is 0.339 e. The molecule has 0 N–H and O–H groups in total. The molecule has 3 rings (SSSR count). The summed E-state index contributed by atoms with van der Waals surface area (Å²) in [5.74, 6) is 0.265. The molecule has 5 heteroatoms. The van der Waals surface area contributed by atoms with E-state index < -0.39 is 10.1 Å². The first kappa shape index (κ1) is 17.2. The van der Waals surface area contributed by atoms with Crippen molar-refractivity contribution in [2.45, 2.75) is 24.7 Å². The Balaban J connectivity index is 2.05. The number of aldehydes is 1. The lowest BCUT2D eigenvalue weighted by Gasteiger charge is -2.13. The van der Waals surface area contributed by atoms with Gasteiger partial charge in [0.1, 0.15) is 16.9 Å². The number of benzene rings is 3. The first-order valence-electron chi connectivity index (χ1n) is 7.97. The Labute approximate surface area is 147 Å². The fraction of sp³-hybridized carbons (Fsp3) is 0.150. The third kappa shape index (κ3) is 3.72. The molecule has 0 fully saturated rings. The number of fused-ring (bicyclic) bond motifs is 1. The van der Waals surface area contributed by atoms with Crippen LogP contribution in [0.4, 0.5) is 0 Å². The molecule has 0 radical (unpaired) electrons. The van der Waals surface area contributed by atoms with Gasteiger partial charge in [0.05, 0.1) is 0 Å². The van der Waals surface area contributed by atoms with Crippen LogP contribution in [0.1, 0.15) is 17.5 Å². The van der Waals surface area contributed by atoms with Gasteiger partial charge in [0, 0.05) is 12.0 Å². The van der Waals surface area contributed by atoms with E-state index >= 15 is 0 Å². The van der Waals surface area contributed by atoms with Gasteiger partial charge in [0.25, 0.3) is 0 Å². The molecule has 4 nitrogen and oxygen atoms in total. The molecule has 3 aromatic rings. The quantitative estimate of drug-likeness (QED) is 0.495. The highest BCUT2D eigenvalue weighted by Gasteiger charge is 2.19. The minimum absolute atomic E-state index is 0.104. The molecule has 25 heavy (non-hydrogen) atoms. The van der Waals surface area contributed by atoms with Crippen LogP contribution >= 0.6 is 0 Å². The molecule has 0 bridgehead atoms. The van der Waals surface area contributed by atoms with Gasteiger partial charge < -0.3 is 8.98 Å². The van der Waals surface area contributed by atoms with Gasteiger partial charge in [-0.3, -0.25) is 0 Å². The van der Waals surface area contributed by atoms with E-state index in [0.717, 1.165) is 28.2 Å². The van der Waals surface area contributed by atoms with Crippen molar-refractivity contribution in [2.24, 2.45) is 0 Å². The molecule has 0 saturated heterocycles. The maximum Gasteiger partial charge on any atom is 0.339 e. The number of hydrogen-bond donors (Lipinski definition) is 0. The predicted octanol–water partition coefficient (Wildman–Crippen LogP) is 4.05. The lowest BCUT2D eigenvalue weighted by Crippen LogP contribution is -2.11. The van der Waals surface area contributed by atoms with E-state index in [1.165, 1.54) is 12.1 Å². The van der Waals surface area contributed by atoms with Crippen LogP contribution in [0.2, 0.25) is 0 Å². The SMILES string of the molecule is Cc1ccc(S(=O)(=O)Oc2ccc3ccccc3c2CCC=O)cc1. The summed E-state index contributed by atoms with van der Waals surface area (Å²) in [6.07, 6.45) is 1.54. The molecule has 0 heterocycles. The second-order valence-electron chi connectivity index (χ2n) is 5.82. The van der Waals surface area contributed by atoms with Crippen LogP contribution in [0.5, 0.6) is 5.75 Å². The van der Waals surface area contributed by atoms with Crippen molar-refractivity contribution >= 4 is 27.2 Å². The Morgan fingerprint density at radius 1 is 0.960 bits per heavy atom. The van der Waals surface area contributed by atoms with Crippen molar-refractivity contribution in [1.82, 2.24) is 0 Å². The Morgan fingerprint density at radius 3 is 2.40 bits per heavy atom. The lowest BCUT2D eigenvalue weighted by atomic mass is 10.00. The van der Waals surface area contributed by atoms with Gasteiger partial charge in [0.15, 0.2) is 0 Å². The predicted molar refractivity (Wildman–Crippen MR) is 97.3 cm³/mol. The highest BCUT2D eigenvalue weighted by Crippen LogP contribution is 2.31. The molecule has 0 saturated carbocycles. The molecule has 0 aromatic heterocycles. The van der Waals surface area contributed by atoms with Crippen molar-refractivity contribution in [2.75, 3.05) is 0 Å². The first-order chi connectivity index (χ1) is 12.0. The van der Waals surface area contributed by atoms with Crippen molar-refractivity contribution in [1.29, 1.82) is 0 Å². The second-order valence-corrected chi connectivity index (χ2v) is 7.37. The van der Waals surface area contributed by atoms with Crippen LogP contribution in [0.15, 0.2) is 65.6 Å². The van der Waals surface area contributed by atoms with Crippen LogP contribution in [-0.4, -0.2) is 14.7 Å². The van der Waals surface area contributed by atoms with Crippen LogP contribution in [0, 0.1) is 6.92 Å². The molecule has 0 atom stereocenters. The Hall–Kier alpha value is -2.66. The van der Waals surface area contributed by atoms with Gasteiger partial charge in [-0.05, 0) is 42.3 Å².